The highest BCUT2D eigenvalue weighted by Gasteiger charge is 2.29. The molecule has 1 saturated carbocycles. The van der Waals surface area contributed by atoms with Crippen LogP contribution in [-0.2, 0) is 0 Å². The molecule has 0 radical (unpaired) electrons. The largest absolute Gasteiger partial charge is 0.391 e. The summed E-state index contributed by atoms with van der Waals surface area (Å²) in [4.78, 5) is 0. The standard InChI is InChI=1S/C11H22ClNO/c1-8(2)13-7-11(14)9-5-3-4-6-10(9)12/h8-11,13-14H,3-7H2,1-2H3. The van der Waals surface area contributed by atoms with Crippen molar-refractivity contribution in [3.63, 3.8) is 0 Å². The van der Waals surface area contributed by atoms with E-state index in [2.05, 4.69) is 19.2 Å². The molecule has 1 aliphatic carbocycles. The Kier molecular flexibility index (Phi) is 5.21. The Balaban J connectivity index is 2.30. The Hall–Kier alpha value is 0.210. The zero-order chi connectivity index (χ0) is 10.6. The van der Waals surface area contributed by atoms with Gasteiger partial charge in [-0.1, -0.05) is 26.7 Å². The maximum absolute atomic E-state index is 9.95. The van der Waals surface area contributed by atoms with Gasteiger partial charge in [-0.2, -0.15) is 0 Å². The maximum atomic E-state index is 9.95. The highest BCUT2D eigenvalue weighted by atomic mass is 35.5. The van der Waals surface area contributed by atoms with E-state index in [1.165, 1.54) is 12.8 Å². The van der Waals surface area contributed by atoms with Crippen LogP contribution < -0.4 is 5.32 Å². The molecule has 3 unspecified atom stereocenters. The van der Waals surface area contributed by atoms with Crippen LogP contribution in [0.15, 0.2) is 0 Å². The lowest BCUT2D eigenvalue weighted by Crippen LogP contribution is -2.40. The quantitative estimate of drug-likeness (QED) is 0.711. The van der Waals surface area contributed by atoms with Gasteiger partial charge in [0.1, 0.15) is 0 Å². The Bertz CT molecular complexity index is 163. The van der Waals surface area contributed by atoms with E-state index in [9.17, 15) is 5.11 Å². The fourth-order valence-corrected chi connectivity index (χ4v) is 2.50. The molecule has 1 rings (SSSR count). The molecule has 0 spiro atoms. The Morgan fingerprint density at radius 3 is 2.57 bits per heavy atom. The first kappa shape index (κ1) is 12.3. The van der Waals surface area contributed by atoms with Gasteiger partial charge >= 0.3 is 0 Å². The predicted octanol–water partition coefficient (Wildman–Crippen LogP) is 2.14. The molecule has 0 bridgehead atoms. The summed E-state index contributed by atoms with van der Waals surface area (Å²) in [5, 5.41) is 13.4. The molecular formula is C11H22ClNO. The minimum Gasteiger partial charge on any atom is -0.391 e. The van der Waals surface area contributed by atoms with Crippen molar-refractivity contribution in [2.75, 3.05) is 6.54 Å². The van der Waals surface area contributed by atoms with E-state index in [0.29, 0.717) is 12.6 Å². The molecule has 1 fully saturated rings. The highest BCUT2D eigenvalue weighted by Crippen LogP contribution is 2.30. The zero-order valence-corrected chi connectivity index (χ0v) is 9.93. The van der Waals surface area contributed by atoms with Crippen molar-refractivity contribution in [2.45, 2.75) is 57.1 Å². The summed E-state index contributed by atoms with van der Waals surface area (Å²) in [6, 6.07) is 0.432. The fraction of sp³-hybridized carbons (Fsp3) is 1.00. The van der Waals surface area contributed by atoms with E-state index >= 15 is 0 Å². The van der Waals surface area contributed by atoms with Gasteiger partial charge in [0.2, 0.25) is 0 Å². The van der Waals surface area contributed by atoms with Crippen LogP contribution in [0.25, 0.3) is 0 Å². The third-order valence-corrected chi connectivity index (χ3v) is 3.50. The van der Waals surface area contributed by atoms with Crippen molar-refractivity contribution in [1.82, 2.24) is 5.32 Å². The Morgan fingerprint density at radius 1 is 1.36 bits per heavy atom. The van der Waals surface area contributed by atoms with E-state index in [0.717, 1.165) is 12.8 Å². The molecule has 0 amide bonds. The van der Waals surface area contributed by atoms with Crippen LogP contribution >= 0.6 is 11.6 Å². The van der Waals surface area contributed by atoms with E-state index in [1.54, 1.807) is 0 Å². The minimum atomic E-state index is -0.278. The summed E-state index contributed by atoms with van der Waals surface area (Å²) in [5.41, 5.74) is 0. The summed E-state index contributed by atoms with van der Waals surface area (Å²) in [6.45, 7) is 4.85. The Morgan fingerprint density at radius 2 is 2.00 bits per heavy atom. The summed E-state index contributed by atoms with van der Waals surface area (Å²) >= 11 is 6.21. The lowest BCUT2D eigenvalue weighted by Gasteiger charge is -2.31. The molecule has 0 saturated heterocycles. The predicted molar refractivity (Wildman–Crippen MR) is 60.7 cm³/mol. The van der Waals surface area contributed by atoms with Crippen molar-refractivity contribution >= 4 is 11.6 Å². The molecular weight excluding hydrogens is 198 g/mol. The lowest BCUT2D eigenvalue weighted by atomic mass is 9.84. The van der Waals surface area contributed by atoms with Gasteiger partial charge in [-0.05, 0) is 12.8 Å². The monoisotopic (exact) mass is 219 g/mol. The number of alkyl halides is 1. The number of hydrogen-bond donors (Lipinski definition) is 2. The average Bonchev–Trinajstić information content (AvgIpc) is 2.15. The van der Waals surface area contributed by atoms with Gasteiger partial charge in [0.05, 0.1) is 6.10 Å². The van der Waals surface area contributed by atoms with Gasteiger partial charge in [0, 0.05) is 23.9 Å². The molecule has 2 nitrogen and oxygen atoms in total. The molecule has 3 heteroatoms. The second kappa shape index (κ2) is 5.94. The van der Waals surface area contributed by atoms with Crippen LogP contribution in [0.1, 0.15) is 39.5 Å². The third kappa shape index (κ3) is 3.76. The van der Waals surface area contributed by atoms with Crippen LogP contribution in [0, 0.1) is 5.92 Å². The fourth-order valence-electron chi connectivity index (χ4n) is 2.06. The van der Waals surface area contributed by atoms with E-state index in [1.807, 2.05) is 0 Å². The second-order valence-corrected chi connectivity index (χ2v) is 5.16. The first-order valence-corrected chi connectivity index (χ1v) is 6.10. The molecule has 0 aromatic heterocycles. The molecule has 84 valence electrons. The number of aliphatic hydroxyl groups is 1. The number of rotatable bonds is 4. The highest BCUT2D eigenvalue weighted by molar-refractivity contribution is 6.20. The van der Waals surface area contributed by atoms with Crippen molar-refractivity contribution in [3.8, 4) is 0 Å². The normalized spacial score (nSPS) is 30.6. The van der Waals surface area contributed by atoms with Gasteiger partial charge < -0.3 is 10.4 Å². The van der Waals surface area contributed by atoms with Gasteiger partial charge in [-0.25, -0.2) is 0 Å². The van der Waals surface area contributed by atoms with Crippen LogP contribution in [0.3, 0.4) is 0 Å². The zero-order valence-electron chi connectivity index (χ0n) is 9.17. The van der Waals surface area contributed by atoms with Gasteiger partial charge in [0.15, 0.2) is 0 Å². The van der Waals surface area contributed by atoms with Crippen molar-refractivity contribution < 1.29 is 5.11 Å². The summed E-state index contributed by atoms with van der Waals surface area (Å²) < 4.78 is 0. The molecule has 0 aliphatic heterocycles. The maximum Gasteiger partial charge on any atom is 0.0706 e. The third-order valence-electron chi connectivity index (χ3n) is 2.96. The molecule has 14 heavy (non-hydrogen) atoms. The van der Waals surface area contributed by atoms with Gasteiger partial charge in [0.25, 0.3) is 0 Å². The number of halogens is 1. The molecule has 2 N–H and O–H groups in total. The average molecular weight is 220 g/mol. The first-order chi connectivity index (χ1) is 6.61. The van der Waals surface area contributed by atoms with Gasteiger partial charge in [-0.3, -0.25) is 0 Å². The van der Waals surface area contributed by atoms with Crippen LogP contribution in [0.5, 0.6) is 0 Å². The minimum absolute atomic E-state index is 0.174. The smallest absolute Gasteiger partial charge is 0.0706 e. The first-order valence-electron chi connectivity index (χ1n) is 5.66. The van der Waals surface area contributed by atoms with Crippen molar-refractivity contribution in [3.05, 3.63) is 0 Å². The lowest BCUT2D eigenvalue weighted by molar-refractivity contribution is 0.0848. The molecule has 1 aliphatic rings. The summed E-state index contributed by atoms with van der Waals surface area (Å²) in [7, 11) is 0. The van der Waals surface area contributed by atoms with Crippen LogP contribution in [0.4, 0.5) is 0 Å². The molecule has 0 heterocycles. The van der Waals surface area contributed by atoms with E-state index < -0.39 is 0 Å². The second-order valence-electron chi connectivity index (χ2n) is 4.59. The van der Waals surface area contributed by atoms with Crippen molar-refractivity contribution in [1.29, 1.82) is 0 Å². The molecule has 0 aromatic carbocycles. The van der Waals surface area contributed by atoms with Crippen molar-refractivity contribution in [2.24, 2.45) is 5.92 Å². The number of nitrogens with one attached hydrogen (secondary N) is 1. The SMILES string of the molecule is CC(C)NCC(O)C1CCCCC1Cl. The van der Waals surface area contributed by atoms with E-state index in [4.69, 9.17) is 11.6 Å². The van der Waals surface area contributed by atoms with Gasteiger partial charge in [-0.15, -0.1) is 11.6 Å². The molecule has 0 aromatic rings. The Labute approximate surface area is 92.0 Å². The number of aliphatic hydroxyl groups excluding tert-OH is 1. The molecule has 3 atom stereocenters. The van der Waals surface area contributed by atoms with E-state index in [-0.39, 0.29) is 17.4 Å². The topological polar surface area (TPSA) is 32.3 Å². The van der Waals surface area contributed by atoms with Crippen LogP contribution in [-0.4, -0.2) is 29.2 Å². The summed E-state index contributed by atoms with van der Waals surface area (Å²) in [6.07, 6.45) is 4.29. The van der Waals surface area contributed by atoms with Crippen LogP contribution in [0.2, 0.25) is 0 Å². The number of hydrogen-bond acceptors (Lipinski definition) is 2. The summed E-state index contributed by atoms with van der Waals surface area (Å²) in [5.74, 6) is 0.289.